The Morgan fingerprint density at radius 3 is 2.48 bits per heavy atom. The minimum absolute atomic E-state index is 0.124. The maximum absolute atomic E-state index is 13.0. The third-order valence-corrected chi connectivity index (χ3v) is 4.68. The standard InChI is InChI=1S/C19H24FN3O2/c1-15-3-8-18(25-15)13-21(2)19(24)14-22-9-11-23(12-10-22)17-6-4-16(20)5-7-17/h3-8H,9-14H2,1-2H3/p+1. The molecular weight excluding hydrogens is 321 g/mol. The summed E-state index contributed by atoms with van der Waals surface area (Å²) in [6.45, 7) is 6.43. The number of piperazine rings is 1. The molecule has 2 heterocycles. The van der Waals surface area contributed by atoms with Gasteiger partial charge in [-0.2, -0.15) is 0 Å². The van der Waals surface area contributed by atoms with E-state index in [1.165, 1.54) is 17.0 Å². The molecule has 0 aliphatic carbocycles. The molecule has 0 atom stereocenters. The average Bonchev–Trinajstić information content (AvgIpc) is 3.01. The van der Waals surface area contributed by atoms with E-state index in [2.05, 4.69) is 4.90 Å². The third-order valence-electron chi connectivity index (χ3n) is 4.68. The molecule has 1 aliphatic rings. The summed E-state index contributed by atoms with van der Waals surface area (Å²) < 4.78 is 18.6. The Morgan fingerprint density at radius 2 is 1.88 bits per heavy atom. The van der Waals surface area contributed by atoms with Crippen LogP contribution in [-0.2, 0) is 11.3 Å². The maximum atomic E-state index is 13.0. The van der Waals surface area contributed by atoms with Crippen LogP contribution in [0.1, 0.15) is 11.5 Å². The van der Waals surface area contributed by atoms with Gasteiger partial charge in [-0.15, -0.1) is 0 Å². The first kappa shape index (κ1) is 17.5. The van der Waals surface area contributed by atoms with Crippen LogP contribution in [0.4, 0.5) is 10.1 Å². The number of anilines is 1. The molecule has 2 aromatic rings. The van der Waals surface area contributed by atoms with Crippen LogP contribution in [0.5, 0.6) is 0 Å². The number of nitrogens with zero attached hydrogens (tertiary/aromatic N) is 2. The van der Waals surface area contributed by atoms with Gasteiger partial charge in [-0.05, 0) is 43.3 Å². The van der Waals surface area contributed by atoms with Gasteiger partial charge in [0.1, 0.15) is 17.3 Å². The van der Waals surface area contributed by atoms with Gasteiger partial charge in [-0.1, -0.05) is 0 Å². The lowest BCUT2D eigenvalue weighted by Gasteiger charge is -2.33. The normalized spacial score (nSPS) is 15.4. The molecule has 134 valence electrons. The zero-order valence-corrected chi connectivity index (χ0v) is 14.8. The van der Waals surface area contributed by atoms with Crippen molar-refractivity contribution in [3.63, 3.8) is 0 Å². The second-order valence-corrected chi connectivity index (χ2v) is 6.65. The second kappa shape index (κ2) is 7.70. The zero-order valence-electron chi connectivity index (χ0n) is 14.8. The van der Waals surface area contributed by atoms with Crippen LogP contribution in [0.2, 0.25) is 0 Å². The maximum Gasteiger partial charge on any atom is 0.277 e. The molecule has 0 radical (unpaired) electrons. The van der Waals surface area contributed by atoms with E-state index in [4.69, 9.17) is 4.42 Å². The highest BCUT2D eigenvalue weighted by Crippen LogP contribution is 2.14. The Labute approximate surface area is 147 Å². The molecule has 25 heavy (non-hydrogen) atoms. The predicted molar refractivity (Wildman–Crippen MR) is 94.1 cm³/mol. The molecule has 1 amide bonds. The van der Waals surface area contributed by atoms with E-state index in [0.29, 0.717) is 13.1 Å². The van der Waals surface area contributed by atoms with Gasteiger partial charge >= 0.3 is 0 Å². The van der Waals surface area contributed by atoms with E-state index in [-0.39, 0.29) is 11.7 Å². The van der Waals surface area contributed by atoms with Crippen LogP contribution >= 0.6 is 0 Å². The quantitative estimate of drug-likeness (QED) is 0.881. The lowest BCUT2D eigenvalue weighted by atomic mass is 10.2. The Hall–Kier alpha value is -2.34. The molecule has 6 heteroatoms. The van der Waals surface area contributed by atoms with Crippen molar-refractivity contribution < 1.29 is 18.5 Å². The van der Waals surface area contributed by atoms with Crippen molar-refractivity contribution in [3.8, 4) is 0 Å². The fourth-order valence-corrected chi connectivity index (χ4v) is 3.15. The van der Waals surface area contributed by atoms with E-state index in [1.807, 2.05) is 38.2 Å². The van der Waals surface area contributed by atoms with Gasteiger partial charge < -0.3 is 19.1 Å². The molecule has 1 saturated heterocycles. The van der Waals surface area contributed by atoms with Gasteiger partial charge in [0.05, 0.1) is 32.7 Å². The number of hydrogen-bond donors (Lipinski definition) is 1. The molecule has 0 unspecified atom stereocenters. The fraction of sp³-hybridized carbons (Fsp3) is 0.421. The molecule has 1 fully saturated rings. The van der Waals surface area contributed by atoms with Gasteiger partial charge in [0, 0.05) is 12.7 Å². The lowest BCUT2D eigenvalue weighted by molar-refractivity contribution is -0.892. The van der Waals surface area contributed by atoms with E-state index >= 15 is 0 Å². The van der Waals surface area contributed by atoms with E-state index in [1.54, 1.807) is 4.90 Å². The van der Waals surface area contributed by atoms with Crippen LogP contribution in [0.25, 0.3) is 0 Å². The average molecular weight is 346 g/mol. The summed E-state index contributed by atoms with van der Waals surface area (Å²) in [6, 6.07) is 10.4. The third kappa shape index (κ3) is 4.60. The number of carbonyl (C=O) groups excluding carboxylic acids is 1. The monoisotopic (exact) mass is 346 g/mol. The number of rotatable bonds is 5. The van der Waals surface area contributed by atoms with Crippen LogP contribution in [-0.4, -0.2) is 50.6 Å². The molecule has 0 bridgehead atoms. The summed E-state index contributed by atoms with van der Waals surface area (Å²) in [4.78, 5) is 17.7. The molecule has 0 spiro atoms. The number of quaternary nitrogens is 1. The van der Waals surface area contributed by atoms with Crippen LogP contribution in [0.3, 0.4) is 0 Å². The van der Waals surface area contributed by atoms with Crippen molar-refractivity contribution in [1.29, 1.82) is 0 Å². The smallest absolute Gasteiger partial charge is 0.277 e. The number of amides is 1. The van der Waals surface area contributed by atoms with Crippen molar-refractivity contribution in [2.45, 2.75) is 13.5 Å². The van der Waals surface area contributed by atoms with E-state index in [0.717, 1.165) is 43.4 Å². The first-order valence-corrected chi connectivity index (χ1v) is 8.64. The van der Waals surface area contributed by atoms with Crippen LogP contribution in [0.15, 0.2) is 40.8 Å². The van der Waals surface area contributed by atoms with E-state index < -0.39 is 0 Å². The van der Waals surface area contributed by atoms with Crippen LogP contribution in [0, 0.1) is 12.7 Å². The number of hydrogen-bond acceptors (Lipinski definition) is 3. The number of nitrogens with one attached hydrogen (secondary N) is 1. The molecule has 5 nitrogen and oxygen atoms in total. The summed E-state index contributed by atoms with van der Waals surface area (Å²) >= 11 is 0. The van der Waals surface area contributed by atoms with Crippen molar-refractivity contribution >= 4 is 11.6 Å². The van der Waals surface area contributed by atoms with E-state index in [9.17, 15) is 9.18 Å². The van der Waals surface area contributed by atoms with Crippen molar-refractivity contribution in [1.82, 2.24) is 4.90 Å². The van der Waals surface area contributed by atoms with Gasteiger partial charge in [-0.3, -0.25) is 4.79 Å². The summed E-state index contributed by atoms with van der Waals surface area (Å²) in [6.07, 6.45) is 0. The highest BCUT2D eigenvalue weighted by Gasteiger charge is 2.24. The number of furan rings is 1. The highest BCUT2D eigenvalue weighted by molar-refractivity contribution is 5.76. The summed E-state index contributed by atoms with van der Waals surface area (Å²) in [5, 5.41) is 0. The van der Waals surface area contributed by atoms with Crippen molar-refractivity contribution in [2.75, 3.05) is 44.7 Å². The molecule has 1 aliphatic heterocycles. The summed E-state index contributed by atoms with van der Waals surface area (Å²) in [5.41, 5.74) is 1.04. The Balaban J connectivity index is 1.46. The summed E-state index contributed by atoms with van der Waals surface area (Å²) in [5.74, 6) is 1.58. The van der Waals surface area contributed by atoms with Gasteiger partial charge in [0.15, 0.2) is 6.54 Å². The molecule has 1 aromatic carbocycles. The Morgan fingerprint density at radius 1 is 1.20 bits per heavy atom. The molecular formula is C19H25FN3O2+. The minimum Gasteiger partial charge on any atom is -0.464 e. The van der Waals surface area contributed by atoms with Crippen molar-refractivity contribution in [3.05, 3.63) is 53.7 Å². The van der Waals surface area contributed by atoms with Gasteiger partial charge in [0.2, 0.25) is 0 Å². The zero-order chi connectivity index (χ0) is 17.8. The lowest BCUT2D eigenvalue weighted by Crippen LogP contribution is -3.15. The van der Waals surface area contributed by atoms with Crippen molar-refractivity contribution in [2.24, 2.45) is 0 Å². The first-order valence-electron chi connectivity index (χ1n) is 8.64. The van der Waals surface area contributed by atoms with Gasteiger partial charge in [-0.25, -0.2) is 4.39 Å². The number of likely N-dealkylation sites (N-methyl/N-ethyl adjacent to an activating group) is 1. The Bertz CT molecular complexity index is 706. The number of halogens is 1. The predicted octanol–water partition coefficient (Wildman–Crippen LogP) is 1.09. The molecule has 1 N–H and O–H groups in total. The second-order valence-electron chi connectivity index (χ2n) is 6.65. The molecule has 1 aromatic heterocycles. The number of carbonyl (C=O) groups is 1. The largest absolute Gasteiger partial charge is 0.464 e. The van der Waals surface area contributed by atoms with Crippen LogP contribution < -0.4 is 9.80 Å². The first-order chi connectivity index (χ1) is 12.0. The van der Waals surface area contributed by atoms with Gasteiger partial charge in [0.25, 0.3) is 5.91 Å². The minimum atomic E-state index is -0.214. The number of benzene rings is 1. The molecule has 0 saturated carbocycles. The summed E-state index contributed by atoms with van der Waals surface area (Å²) in [7, 11) is 1.81. The Kier molecular flexibility index (Phi) is 5.38. The topological polar surface area (TPSA) is 41.1 Å². The molecule has 3 rings (SSSR count). The highest BCUT2D eigenvalue weighted by atomic mass is 19.1. The number of aryl methyl sites for hydroxylation is 1. The SMILES string of the molecule is Cc1ccc(CN(C)C(=O)C[NH+]2CCN(c3ccc(F)cc3)CC2)o1. The fourth-order valence-electron chi connectivity index (χ4n) is 3.15.